The largest absolute Gasteiger partial charge is 0.382 e. The quantitative estimate of drug-likeness (QED) is 0.751. The van der Waals surface area contributed by atoms with Crippen LogP contribution in [0.4, 0.5) is 5.82 Å². The third-order valence-electron chi connectivity index (χ3n) is 1.49. The summed E-state index contributed by atoms with van der Waals surface area (Å²) in [6.45, 7) is 3.78. The van der Waals surface area contributed by atoms with Crippen LogP contribution in [0.3, 0.4) is 0 Å². The molecular weight excluding hydrogens is 227 g/mol. The Morgan fingerprint density at radius 2 is 2.00 bits per heavy atom. The number of halogens is 2. The average Bonchev–Trinajstić information content (AvgIpc) is 1.97. The lowest BCUT2D eigenvalue weighted by atomic mass is 10.2. The molecule has 0 aliphatic carbocycles. The minimum atomic E-state index is 0.393. The smallest absolute Gasteiger partial charge is 0.142 e. The van der Waals surface area contributed by atoms with Gasteiger partial charge in [-0.1, -0.05) is 11.6 Å². The molecule has 0 radical (unpaired) electrons. The summed E-state index contributed by atoms with van der Waals surface area (Å²) >= 11 is 9.20. The van der Waals surface area contributed by atoms with Crippen molar-refractivity contribution in [2.24, 2.45) is 0 Å². The molecule has 2 N–H and O–H groups in total. The first kappa shape index (κ1) is 8.81. The second kappa shape index (κ2) is 2.99. The second-order valence-electron chi connectivity index (χ2n) is 2.34. The highest BCUT2D eigenvalue weighted by atomic mass is 79.9. The van der Waals surface area contributed by atoms with E-state index in [0.29, 0.717) is 10.8 Å². The first-order valence-corrected chi connectivity index (χ1v) is 4.28. The molecule has 0 spiro atoms. The van der Waals surface area contributed by atoms with Gasteiger partial charge in [-0.25, -0.2) is 4.98 Å². The molecular formula is C7H8BrClN2. The first-order valence-electron chi connectivity index (χ1n) is 3.11. The number of anilines is 1. The van der Waals surface area contributed by atoms with Gasteiger partial charge < -0.3 is 5.73 Å². The summed E-state index contributed by atoms with van der Waals surface area (Å²) in [6, 6.07) is 0. The summed E-state index contributed by atoms with van der Waals surface area (Å²) < 4.78 is 0.928. The van der Waals surface area contributed by atoms with E-state index in [2.05, 4.69) is 20.9 Å². The maximum absolute atomic E-state index is 5.84. The molecule has 0 aromatic carbocycles. The zero-order chi connectivity index (χ0) is 8.59. The molecule has 0 bridgehead atoms. The Morgan fingerprint density at radius 3 is 2.55 bits per heavy atom. The van der Waals surface area contributed by atoms with Crippen molar-refractivity contribution in [2.45, 2.75) is 13.8 Å². The number of nitrogens with two attached hydrogens (primary N) is 1. The standard InChI is InChI=1S/C7H8BrClN2/c1-3-5(8)4(2)11-7(10)6(3)9/h1-2H3,(H2,10,11). The number of aromatic nitrogens is 1. The van der Waals surface area contributed by atoms with Crippen molar-refractivity contribution >= 4 is 33.3 Å². The molecule has 4 heteroatoms. The van der Waals surface area contributed by atoms with Gasteiger partial charge in [-0.05, 0) is 35.3 Å². The molecule has 60 valence electrons. The van der Waals surface area contributed by atoms with Crippen LogP contribution >= 0.6 is 27.5 Å². The molecule has 0 fully saturated rings. The van der Waals surface area contributed by atoms with Crippen LogP contribution < -0.4 is 5.73 Å². The summed E-state index contributed by atoms with van der Waals surface area (Å²) in [5, 5.41) is 0.530. The Kier molecular flexibility index (Phi) is 2.40. The van der Waals surface area contributed by atoms with Gasteiger partial charge in [0.1, 0.15) is 5.82 Å². The monoisotopic (exact) mass is 234 g/mol. The predicted octanol–water partition coefficient (Wildman–Crippen LogP) is 2.70. The van der Waals surface area contributed by atoms with E-state index in [-0.39, 0.29) is 0 Å². The Bertz CT molecular complexity index is 273. The summed E-state index contributed by atoms with van der Waals surface area (Å²) in [4.78, 5) is 4.03. The molecule has 1 aromatic heterocycles. The Labute approximate surface area is 78.9 Å². The van der Waals surface area contributed by atoms with Crippen LogP contribution in [0.2, 0.25) is 5.02 Å². The number of aryl methyl sites for hydroxylation is 1. The second-order valence-corrected chi connectivity index (χ2v) is 3.51. The Hall–Kier alpha value is -0.280. The number of nitrogen functional groups attached to an aromatic ring is 1. The maximum atomic E-state index is 5.84. The van der Waals surface area contributed by atoms with Gasteiger partial charge in [0.2, 0.25) is 0 Å². The third kappa shape index (κ3) is 1.49. The van der Waals surface area contributed by atoms with Crippen LogP contribution in [-0.4, -0.2) is 4.98 Å². The fraction of sp³-hybridized carbons (Fsp3) is 0.286. The van der Waals surface area contributed by atoms with Gasteiger partial charge in [0, 0.05) is 4.47 Å². The highest BCUT2D eigenvalue weighted by Gasteiger charge is 2.07. The van der Waals surface area contributed by atoms with Crippen molar-refractivity contribution in [3.63, 3.8) is 0 Å². The molecule has 0 atom stereocenters. The van der Waals surface area contributed by atoms with Crippen molar-refractivity contribution in [1.82, 2.24) is 4.98 Å². The van der Waals surface area contributed by atoms with Crippen LogP contribution in [0.25, 0.3) is 0 Å². The van der Waals surface area contributed by atoms with Crippen LogP contribution in [0.5, 0.6) is 0 Å². The zero-order valence-electron chi connectivity index (χ0n) is 6.28. The van der Waals surface area contributed by atoms with E-state index < -0.39 is 0 Å². The molecule has 0 aliphatic rings. The molecule has 0 saturated heterocycles. The molecule has 0 amide bonds. The average molecular weight is 236 g/mol. The lowest BCUT2D eigenvalue weighted by Crippen LogP contribution is -1.97. The van der Waals surface area contributed by atoms with Gasteiger partial charge in [0.05, 0.1) is 10.7 Å². The van der Waals surface area contributed by atoms with Crippen molar-refractivity contribution in [2.75, 3.05) is 5.73 Å². The van der Waals surface area contributed by atoms with Gasteiger partial charge >= 0.3 is 0 Å². The highest BCUT2D eigenvalue weighted by Crippen LogP contribution is 2.29. The van der Waals surface area contributed by atoms with Crippen molar-refractivity contribution in [1.29, 1.82) is 0 Å². The number of pyridine rings is 1. The van der Waals surface area contributed by atoms with Crippen molar-refractivity contribution in [3.8, 4) is 0 Å². The third-order valence-corrected chi connectivity index (χ3v) is 3.13. The normalized spacial score (nSPS) is 10.2. The predicted molar refractivity (Wildman–Crippen MR) is 50.8 cm³/mol. The summed E-state index contributed by atoms with van der Waals surface area (Å²) in [5.74, 6) is 0.393. The maximum Gasteiger partial charge on any atom is 0.142 e. The molecule has 1 aromatic rings. The molecule has 11 heavy (non-hydrogen) atoms. The number of hydrogen-bond acceptors (Lipinski definition) is 2. The van der Waals surface area contributed by atoms with Gasteiger partial charge in [-0.3, -0.25) is 0 Å². The van der Waals surface area contributed by atoms with Gasteiger partial charge in [0.15, 0.2) is 0 Å². The molecule has 1 heterocycles. The highest BCUT2D eigenvalue weighted by molar-refractivity contribution is 9.10. The van der Waals surface area contributed by atoms with Crippen molar-refractivity contribution in [3.05, 3.63) is 20.8 Å². The van der Waals surface area contributed by atoms with Gasteiger partial charge in [-0.2, -0.15) is 0 Å². The molecule has 0 saturated carbocycles. The van der Waals surface area contributed by atoms with E-state index in [4.69, 9.17) is 17.3 Å². The molecule has 0 unspecified atom stereocenters. The lowest BCUT2D eigenvalue weighted by molar-refractivity contribution is 1.16. The van der Waals surface area contributed by atoms with Gasteiger partial charge in [-0.15, -0.1) is 0 Å². The van der Waals surface area contributed by atoms with Crippen LogP contribution in [0.1, 0.15) is 11.3 Å². The fourth-order valence-electron chi connectivity index (χ4n) is 0.839. The van der Waals surface area contributed by atoms with E-state index in [1.807, 2.05) is 13.8 Å². The Balaban J connectivity index is 3.46. The fourth-order valence-corrected chi connectivity index (χ4v) is 1.38. The SMILES string of the molecule is Cc1nc(N)c(Cl)c(C)c1Br. The first-order chi connectivity index (χ1) is 5.04. The van der Waals surface area contributed by atoms with E-state index in [1.54, 1.807) is 0 Å². The Morgan fingerprint density at radius 1 is 1.45 bits per heavy atom. The lowest BCUT2D eigenvalue weighted by Gasteiger charge is -2.06. The van der Waals surface area contributed by atoms with E-state index in [1.165, 1.54) is 0 Å². The summed E-state index contributed by atoms with van der Waals surface area (Å²) in [5.41, 5.74) is 7.33. The molecule has 1 rings (SSSR count). The summed E-state index contributed by atoms with van der Waals surface area (Å²) in [7, 11) is 0. The number of nitrogens with zero attached hydrogens (tertiary/aromatic N) is 1. The van der Waals surface area contributed by atoms with Crippen LogP contribution in [-0.2, 0) is 0 Å². The summed E-state index contributed by atoms with van der Waals surface area (Å²) in [6.07, 6.45) is 0. The van der Waals surface area contributed by atoms with Crippen LogP contribution in [0.15, 0.2) is 4.47 Å². The van der Waals surface area contributed by atoms with E-state index >= 15 is 0 Å². The van der Waals surface area contributed by atoms with E-state index in [9.17, 15) is 0 Å². The topological polar surface area (TPSA) is 38.9 Å². The number of rotatable bonds is 0. The number of hydrogen-bond donors (Lipinski definition) is 1. The molecule has 0 aliphatic heterocycles. The minimum absolute atomic E-state index is 0.393. The van der Waals surface area contributed by atoms with Crippen molar-refractivity contribution < 1.29 is 0 Å². The van der Waals surface area contributed by atoms with E-state index in [0.717, 1.165) is 15.7 Å². The minimum Gasteiger partial charge on any atom is -0.382 e. The van der Waals surface area contributed by atoms with Gasteiger partial charge in [0.25, 0.3) is 0 Å². The zero-order valence-corrected chi connectivity index (χ0v) is 8.62. The molecule has 2 nitrogen and oxygen atoms in total. The van der Waals surface area contributed by atoms with Crippen LogP contribution in [0, 0.1) is 13.8 Å².